The van der Waals surface area contributed by atoms with Crippen molar-refractivity contribution < 1.29 is 40.2 Å². The maximum absolute atomic E-state index is 12.7. The molecule has 0 bridgehead atoms. The molecule has 0 heterocycles. The molecule has 1 aliphatic carbocycles. The maximum atomic E-state index is 12.7. The highest BCUT2D eigenvalue weighted by Gasteiger charge is 2.38. The molecule has 8 nitrogen and oxygen atoms in total. The van der Waals surface area contributed by atoms with Crippen LogP contribution in [0.2, 0.25) is 0 Å². The van der Waals surface area contributed by atoms with Gasteiger partial charge in [0.05, 0.1) is 18.3 Å². The Kier molecular flexibility index (Phi) is 8.68. The van der Waals surface area contributed by atoms with E-state index in [0.29, 0.717) is 32.1 Å². The number of phenolic OH excluding ortho intramolecular Hbond substituents is 3. The van der Waals surface area contributed by atoms with Gasteiger partial charge in [-0.1, -0.05) is 18.2 Å². The summed E-state index contributed by atoms with van der Waals surface area (Å²) in [4.78, 5) is 12.7. The third-order valence-corrected chi connectivity index (χ3v) is 6.12. The van der Waals surface area contributed by atoms with Gasteiger partial charge in [-0.25, -0.2) is 0 Å². The van der Waals surface area contributed by atoms with Crippen LogP contribution in [0.15, 0.2) is 42.5 Å². The molecule has 0 radical (unpaired) electrons. The number of Topliss-reactive ketones (excluding diaryl/α,β-unsaturated/α-hetero) is 1. The highest BCUT2D eigenvalue weighted by molar-refractivity contribution is 5.79. The van der Waals surface area contributed by atoms with Crippen LogP contribution in [0.1, 0.15) is 43.2 Å². The number of ether oxygens (including phenoxy) is 1. The minimum absolute atomic E-state index is 0.0208. The number of carbonyl (C=O) groups is 1. The molecule has 0 saturated heterocycles. The van der Waals surface area contributed by atoms with E-state index in [1.807, 2.05) is 0 Å². The third-order valence-electron chi connectivity index (χ3n) is 6.12. The van der Waals surface area contributed by atoms with E-state index in [1.165, 1.54) is 12.1 Å². The number of aromatic hydroxyl groups is 3. The molecule has 6 N–H and O–H groups in total. The van der Waals surface area contributed by atoms with E-state index in [0.717, 1.165) is 11.1 Å². The zero-order valence-electron chi connectivity index (χ0n) is 18.4. The number of aliphatic hydroxyl groups excluding tert-OH is 3. The van der Waals surface area contributed by atoms with Crippen LogP contribution in [0.3, 0.4) is 0 Å². The Morgan fingerprint density at radius 1 is 0.879 bits per heavy atom. The summed E-state index contributed by atoms with van der Waals surface area (Å²) in [6.45, 7) is 0. The lowest BCUT2D eigenvalue weighted by atomic mass is 9.89. The quantitative estimate of drug-likeness (QED) is 0.295. The minimum Gasteiger partial charge on any atom is -0.508 e. The number of carbonyl (C=O) groups excluding carboxylic acids is 1. The smallest absolute Gasteiger partial charge is 0.157 e. The lowest BCUT2D eigenvalue weighted by Crippen LogP contribution is -2.51. The number of aliphatic hydroxyl groups is 3. The summed E-state index contributed by atoms with van der Waals surface area (Å²) < 4.78 is 6.05. The van der Waals surface area contributed by atoms with Gasteiger partial charge in [-0.05, 0) is 67.5 Å². The van der Waals surface area contributed by atoms with Gasteiger partial charge < -0.3 is 35.4 Å². The molecule has 0 spiro atoms. The lowest BCUT2D eigenvalue weighted by Gasteiger charge is -2.37. The Morgan fingerprint density at radius 2 is 1.58 bits per heavy atom. The highest BCUT2D eigenvalue weighted by Crippen LogP contribution is 2.28. The van der Waals surface area contributed by atoms with E-state index < -0.39 is 30.5 Å². The van der Waals surface area contributed by atoms with Crippen molar-refractivity contribution in [2.24, 2.45) is 0 Å². The van der Waals surface area contributed by atoms with Gasteiger partial charge >= 0.3 is 0 Å². The van der Waals surface area contributed by atoms with Gasteiger partial charge in [-0.2, -0.15) is 0 Å². The molecule has 180 valence electrons. The van der Waals surface area contributed by atoms with Gasteiger partial charge in [0.1, 0.15) is 23.7 Å². The average Bonchev–Trinajstić information content (AvgIpc) is 2.79. The summed E-state index contributed by atoms with van der Waals surface area (Å²) in [6, 6.07) is 11.2. The van der Waals surface area contributed by atoms with Crippen LogP contribution in [-0.4, -0.2) is 66.9 Å². The molecule has 1 aliphatic rings. The van der Waals surface area contributed by atoms with E-state index in [2.05, 4.69) is 0 Å². The molecule has 3 rings (SSSR count). The first-order chi connectivity index (χ1) is 15.7. The first-order valence-corrected chi connectivity index (χ1v) is 11.2. The fourth-order valence-electron chi connectivity index (χ4n) is 4.09. The van der Waals surface area contributed by atoms with Gasteiger partial charge in [-0.15, -0.1) is 0 Å². The number of hydrogen-bond acceptors (Lipinski definition) is 8. The topological polar surface area (TPSA) is 148 Å². The molecule has 8 heteroatoms. The molecule has 1 unspecified atom stereocenters. The number of aryl methyl sites for hydroxylation is 2. The molecule has 5 atom stereocenters. The van der Waals surface area contributed by atoms with Gasteiger partial charge in [0, 0.05) is 12.8 Å². The Hall–Kier alpha value is -2.65. The van der Waals surface area contributed by atoms with Crippen molar-refractivity contribution in [2.75, 3.05) is 0 Å². The molecule has 0 amide bonds. The molecule has 1 saturated carbocycles. The summed E-state index contributed by atoms with van der Waals surface area (Å²) in [5.41, 5.74) is 1.69. The van der Waals surface area contributed by atoms with Crippen molar-refractivity contribution in [3.63, 3.8) is 0 Å². The van der Waals surface area contributed by atoms with Crippen LogP contribution < -0.4 is 0 Å². The fourth-order valence-corrected chi connectivity index (χ4v) is 4.09. The third kappa shape index (κ3) is 7.17. The van der Waals surface area contributed by atoms with Crippen molar-refractivity contribution in [3.8, 4) is 17.2 Å². The predicted molar refractivity (Wildman–Crippen MR) is 120 cm³/mol. The molecule has 33 heavy (non-hydrogen) atoms. The van der Waals surface area contributed by atoms with Gasteiger partial charge in [0.2, 0.25) is 0 Å². The zero-order valence-corrected chi connectivity index (χ0v) is 18.4. The number of benzene rings is 2. The van der Waals surface area contributed by atoms with E-state index in [9.17, 15) is 35.4 Å². The van der Waals surface area contributed by atoms with Crippen molar-refractivity contribution in [3.05, 3.63) is 53.6 Å². The first-order valence-electron chi connectivity index (χ1n) is 11.2. The maximum Gasteiger partial charge on any atom is 0.157 e. The Bertz CT molecular complexity index is 913. The van der Waals surface area contributed by atoms with Crippen molar-refractivity contribution in [1.29, 1.82) is 0 Å². The molecule has 0 aliphatic heterocycles. The van der Waals surface area contributed by atoms with E-state index in [1.54, 1.807) is 30.3 Å². The standard InChI is InChI=1S/C25H32O8/c26-17-6-1-15(2-7-17)3-8-18(27)14-19(9-4-16-5-10-20(28)22(30)13-16)33-23-12-11-21(29)24(31)25(23)32/h1-2,5-7,10,13,19,21,23-26,28-32H,3-4,8-9,11-12,14H2/t19?,21-,23-,24+,25+/m1/s1. The van der Waals surface area contributed by atoms with Gasteiger partial charge in [-0.3, -0.25) is 4.79 Å². The lowest BCUT2D eigenvalue weighted by molar-refractivity contribution is -0.170. The number of rotatable bonds is 10. The second kappa shape index (κ2) is 11.5. The number of ketones is 1. The fraction of sp³-hybridized carbons (Fsp3) is 0.480. The normalized spacial score (nSPS) is 23.8. The minimum atomic E-state index is -1.30. The monoisotopic (exact) mass is 460 g/mol. The van der Waals surface area contributed by atoms with Crippen molar-refractivity contribution >= 4 is 5.78 Å². The molecule has 0 aromatic heterocycles. The summed E-state index contributed by atoms with van der Waals surface area (Å²) in [7, 11) is 0. The highest BCUT2D eigenvalue weighted by atomic mass is 16.5. The second-order valence-corrected chi connectivity index (χ2v) is 8.69. The van der Waals surface area contributed by atoms with Crippen LogP contribution in [-0.2, 0) is 22.4 Å². The largest absolute Gasteiger partial charge is 0.508 e. The summed E-state index contributed by atoms with van der Waals surface area (Å²) in [5.74, 6) is -0.298. The molecule has 2 aromatic rings. The summed E-state index contributed by atoms with van der Waals surface area (Å²) in [5, 5.41) is 58.7. The average molecular weight is 461 g/mol. The molecule has 2 aromatic carbocycles. The summed E-state index contributed by atoms with van der Waals surface area (Å²) in [6.07, 6.45) is -2.32. The van der Waals surface area contributed by atoms with Crippen LogP contribution in [0.4, 0.5) is 0 Å². The predicted octanol–water partition coefficient (Wildman–Crippen LogP) is 1.96. The zero-order chi connectivity index (χ0) is 24.0. The van der Waals surface area contributed by atoms with Crippen LogP contribution >= 0.6 is 0 Å². The van der Waals surface area contributed by atoms with E-state index in [-0.39, 0.29) is 35.9 Å². The Morgan fingerprint density at radius 3 is 2.27 bits per heavy atom. The van der Waals surface area contributed by atoms with Crippen LogP contribution in [0.5, 0.6) is 17.2 Å². The molecular weight excluding hydrogens is 428 g/mol. The van der Waals surface area contributed by atoms with E-state index in [4.69, 9.17) is 4.74 Å². The Balaban J connectivity index is 1.62. The molecule has 1 fully saturated rings. The first kappa shape index (κ1) is 25.0. The molecular formula is C25H32O8. The van der Waals surface area contributed by atoms with Gasteiger partial charge in [0.25, 0.3) is 0 Å². The SMILES string of the molecule is O=C(CCc1ccc(O)cc1)CC(CCc1ccc(O)c(O)c1)O[C@@H]1CC[C@@H](O)[C@H](O)[C@H]1O. The van der Waals surface area contributed by atoms with Gasteiger partial charge in [0.15, 0.2) is 11.5 Å². The Labute approximate surface area is 192 Å². The van der Waals surface area contributed by atoms with Crippen LogP contribution in [0.25, 0.3) is 0 Å². The second-order valence-electron chi connectivity index (χ2n) is 8.69. The van der Waals surface area contributed by atoms with Crippen LogP contribution in [0, 0.1) is 0 Å². The number of hydrogen-bond donors (Lipinski definition) is 6. The summed E-state index contributed by atoms with van der Waals surface area (Å²) >= 11 is 0. The van der Waals surface area contributed by atoms with Crippen molar-refractivity contribution in [2.45, 2.75) is 75.5 Å². The van der Waals surface area contributed by atoms with E-state index >= 15 is 0 Å². The number of phenols is 3. The van der Waals surface area contributed by atoms with Crippen molar-refractivity contribution in [1.82, 2.24) is 0 Å².